The molecule has 1 aliphatic rings. The number of carbonyl (C=O) groups excluding carboxylic acids is 2. The molecule has 7 nitrogen and oxygen atoms in total. The molecule has 2 aromatic carbocycles. The monoisotopic (exact) mass is 622 g/mol. The summed E-state index contributed by atoms with van der Waals surface area (Å²) in [7, 11) is 0. The molecule has 0 spiro atoms. The molecule has 4 rings (SSSR count). The summed E-state index contributed by atoms with van der Waals surface area (Å²) in [6.45, 7) is 0.671. The zero-order chi connectivity index (χ0) is 31.7. The van der Waals surface area contributed by atoms with Gasteiger partial charge in [-0.2, -0.15) is 13.2 Å². The number of nitrogens with zero attached hydrogens (tertiary/aromatic N) is 1. The number of hydrogen-bond acceptors (Lipinski definition) is 5. The van der Waals surface area contributed by atoms with Gasteiger partial charge in [-0.25, -0.2) is 13.2 Å². The molecule has 0 unspecified atom stereocenters. The van der Waals surface area contributed by atoms with E-state index in [2.05, 4.69) is 20.9 Å². The third-order valence-corrected chi connectivity index (χ3v) is 7.28. The number of anilines is 1. The second kappa shape index (κ2) is 15.2. The van der Waals surface area contributed by atoms with Crippen LogP contribution in [0.4, 0.5) is 32.0 Å². The van der Waals surface area contributed by atoms with Crippen molar-refractivity contribution < 1.29 is 40.7 Å². The molecule has 2 amide bonds. The van der Waals surface area contributed by atoms with Gasteiger partial charge in [0.1, 0.15) is 17.5 Å². The molecule has 0 bridgehead atoms. The minimum atomic E-state index is -4.40. The molecular weight excluding hydrogens is 590 g/mol. The van der Waals surface area contributed by atoms with Gasteiger partial charge in [-0.3, -0.25) is 14.6 Å². The highest BCUT2D eigenvalue weighted by atomic mass is 19.4. The van der Waals surface area contributed by atoms with Gasteiger partial charge in [0.15, 0.2) is 0 Å². The number of benzene rings is 2. The van der Waals surface area contributed by atoms with Crippen LogP contribution in [-0.4, -0.2) is 54.8 Å². The SMILES string of the molecule is O=C(CCC(F)(F)F)NC[C@@H]1CO[C@H](CCc2c(F)cncc2NC(=O)CC(c2ccc(F)cc2)c2ccc(F)cc2)CN1. The second-order valence-corrected chi connectivity index (χ2v) is 10.6. The van der Waals surface area contributed by atoms with Crippen LogP contribution in [0.15, 0.2) is 60.9 Å². The topological polar surface area (TPSA) is 92.3 Å². The fourth-order valence-corrected chi connectivity index (χ4v) is 4.90. The molecule has 3 aromatic rings. The van der Waals surface area contributed by atoms with E-state index < -0.39 is 54.2 Å². The second-order valence-electron chi connectivity index (χ2n) is 10.6. The van der Waals surface area contributed by atoms with Crippen LogP contribution in [0.1, 0.15) is 48.3 Å². The summed E-state index contributed by atoms with van der Waals surface area (Å²) in [6, 6.07) is 11.0. The van der Waals surface area contributed by atoms with Gasteiger partial charge >= 0.3 is 6.18 Å². The normalized spacial score (nSPS) is 17.0. The maximum atomic E-state index is 14.8. The molecule has 2 heterocycles. The number of nitrogens with one attached hydrogen (secondary N) is 3. The number of carbonyl (C=O) groups is 2. The smallest absolute Gasteiger partial charge is 0.375 e. The first-order valence-corrected chi connectivity index (χ1v) is 14.1. The van der Waals surface area contributed by atoms with Crippen molar-refractivity contribution >= 4 is 17.5 Å². The number of hydrogen-bond donors (Lipinski definition) is 3. The zero-order valence-electron chi connectivity index (χ0n) is 23.6. The van der Waals surface area contributed by atoms with Gasteiger partial charge < -0.3 is 20.7 Å². The van der Waals surface area contributed by atoms with E-state index in [0.29, 0.717) is 24.1 Å². The molecule has 1 saturated heterocycles. The highest BCUT2D eigenvalue weighted by molar-refractivity contribution is 5.92. The Balaban J connectivity index is 1.32. The molecule has 0 aliphatic carbocycles. The van der Waals surface area contributed by atoms with E-state index in [4.69, 9.17) is 4.74 Å². The van der Waals surface area contributed by atoms with E-state index in [1.807, 2.05) is 0 Å². The number of rotatable bonds is 12. The summed E-state index contributed by atoms with van der Waals surface area (Å²) < 4.78 is 84.6. The number of aromatic nitrogens is 1. The fraction of sp³-hybridized carbons (Fsp3) is 0.387. The molecule has 0 radical (unpaired) electrons. The van der Waals surface area contributed by atoms with E-state index in [0.717, 1.165) is 6.20 Å². The first-order chi connectivity index (χ1) is 21.0. The number of alkyl halides is 3. The highest BCUT2D eigenvalue weighted by Crippen LogP contribution is 2.30. The molecule has 44 heavy (non-hydrogen) atoms. The average Bonchev–Trinajstić information content (AvgIpc) is 2.99. The summed E-state index contributed by atoms with van der Waals surface area (Å²) in [4.78, 5) is 28.7. The highest BCUT2D eigenvalue weighted by Gasteiger charge is 2.28. The molecule has 1 aromatic heterocycles. The van der Waals surface area contributed by atoms with E-state index >= 15 is 0 Å². The van der Waals surface area contributed by atoms with Crippen LogP contribution in [0.2, 0.25) is 0 Å². The summed E-state index contributed by atoms with van der Waals surface area (Å²) in [5, 5.41) is 8.36. The van der Waals surface area contributed by atoms with Crippen molar-refractivity contribution in [1.29, 1.82) is 0 Å². The van der Waals surface area contributed by atoms with E-state index in [-0.39, 0.29) is 49.4 Å². The van der Waals surface area contributed by atoms with Crippen molar-refractivity contribution in [2.75, 3.05) is 25.0 Å². The van der Waals surface area contributed by atoms with Crippen molar-refractivity contribution in [1.82, 2.24) is 15.6 Å². The number of ether oxygens (including phenoxy) is 1. The predicted molar refractivity (Wildman–Crippen MR) is 150 cm³/mol. The predicted octanol–water partition coefficient (Wildman–Crippen LogP) is 5.41. The van der Waals surface area contributed by atoms with Crippen LogP contribution in [0.25, 0.3) is 0 Å². The Hall–Kier alpha value is -3.97. The third kappa shape index (κ3) is 10.1. The lowest BCUT2D eigenvalue weighted by molar-refractivity contribution is -0.144. The molecule has 1 fully saturated rings. The van der Waals surface area contributed by atoms with Crippen molar-refractivity contribution in [2.24, 2.45) is 0 Å². The molecule has 1 aliphatic heterocycles. The molecule has 3 N–H and O–H groups in total. The Morgan fingerprint density at radius 1 is 0.955 bits per heavy atom. The van der Waals surface area contributed by atoms with Crippen LogP contribution in [0.3, 0.4) is 0 Å². The first-order valence-electron chi connectivity index (χ1n) is 14.1. The maximum absolute atomic E-state index is 14.8. The molecule has 13 heteroatoms. The van der Waals surface area contributed by atoms with Crippen LogP contribution < -0.4 is 16.0 Å². The van der Waals surface area contributed by atoms with Gasteiger partial charge in [0, 0.05) is 43.5 Å². The largest absolute Gasteiger partial charge is 0.389 e. The number of morpholine rings is 1. The van der Waals surface area contributed by atoms with Crippen molar-refractivity contribution in [3.8, 4) is 0 Å². The number of pyridine rings is 1. The standard InChI is InChI=1S/C31H32F6N4O3/c32-21-5-1-19(2-6-21)26(20-3-7-22(33)8-4-20)13-30(43)41-28-17-38-16-27(34)25(28)10-9-24-15-39-23(18-44-24)14-40-29(42)11-12-31(35,36)37/h1-8,16-17,23-24,26,39H,9-15,18H2,(H,40,42)(H,41,43)/t23-,24-/m1/s1. The minimum absolute atomic E-state index is 0.0863. The molecule has 0 saturated carbocycles. The van der Waals surface area contributed by atoms with Crippen molar-refractivity contribution in [3.63, 3.8) is 0 Å². The summed E-state index contributed by atoms with van der Waals surface area (Å²) in [5.74, 6) is -3.16. The van der Waals surface area contributed by atoms with Gasteiger partial charge in [0.25, 0.3) is 0 Å². The zero-order valence-corrected chi connectivity index (χ0v) is 23.6. The van der Waals surface area contributed by atoms with Gasteiger partial charge in [-0.15, -0.1) is 0 Å². The summed E-state index contributed by atoms with van der Waals surface area (Å²) >= 11 is 0. The average molecular weight is 623 g/mol. The minimum Gasteiger partial charge on any atom is -0.375 e. The molecule has 2 atom stereocenters. The van der Waals surface area contributed by atoms with Crippen LogP contribution in [-0.2, 0) is 20.7 Å². The van der Waals surface area contributed by atoms with Gasteiger partial charge in [0.2, 0.25) is 11.8 Å². The molecule has 236 valence electrons. The third-order valence-electron chi connectivity index (χ3n) is 7.28. The van der Waals surface area contributed by atoms with Gasteiger partial charge in [-0.1, -0.05) is 24.3 Å². The van der Waals surface area contributed by atoms with E-state index in [1.165, 1.54) is 30.5 Å². The summed E-state index contributed by atoms with van der Waals surface area (Å²) in [5.41, 5.74) is 1.71. The molecular formula is C31H32F6N4O3. The Labute approximate surface area is 250 Å². The fourth-order valence-electron chi connectivity index (χ4n) is 4.90. The Morgan fingerprint density at radius 2 is 1.59 bits per heavy atom. The van der Waals surface area contributed by atoms with Crippen LogP contribution in [0.5, 0.6) is 0 Å². The Bertz CT molecular complexity index is 1350. The lowest BCUT2D eigenvalue weighted by atomic mass is 9.88. The van der Waals surface area contributed by atoms with E-state index in [1.54, 1.807) is 24.3 Å². The summed E-state index contributed by atoms with van der Waals surface area (Å²) in [6.07, 6.45) is -3.65. The van der Waals surface area contributed by atoms with Gasteiger partial charge in [-0.05, 0) is 48.2 Å². The Morgan fingerprint density at radius 3 is 2.16 bits per heavy atom. The number of amides is 2. The maximum Gasteiger partial charge on any atom is 0.389 e. The lowest BCUT2D eigenvalue weighted by Gasteiger charge is -2.30. The van der Waals surface area contributed by atoms with Crippen molar-refractivity contribution in [3.05, 3.63) is 95.1 Å². The van der Waals surface area contributed by atoms with Crippen LogP contribution >= 0.6 is 0 Å². The lowest BCUT2D eigenvalue weighted by Crippen LogP contribution is -2.51. The Kier molecular flexibility index (Phi) is 11.3. The van der Waals surface area contributed by atoms with Gasteiger partial charge in [0.05, 0.1) is 37.2 Å². The number of halogens is 6. The quantitative estimate of drug-likeness (QED) is 0.235. The van der Waals surface area contributed by atoms with Crippen molar-refractivity contribution in [2.45, 2.75) is 56.3 Å². The van der Waals surface area contributed by atoms with Crippen LogP contribution in [0, 0.1) is 17.5 Å². The van der Waals surface area contributed by atoms with E-state index in [9.17, 15) is 35.9 Å². The first kappa shape index (κ1) is 32.9.